The van der Waals surface area contributed by atoms with E-state index in [0.717, 1.165) is 22.7 Å². The van der Waals surface area contributed by atoms with E-state index in [2.05, 4.69) is 20.8 Å². The van der Waals surface area contributed by atoms with E-state index < -0.39 is 0 Å². The maximum absolute atomic E-state index is 4.90. The third-order valence-electron chi connectivity index (χ3n) is 2.34. The monoisotopic (exact) mass is 202 g/mol. The van der Waals surface area contributed by atoms with Crippen LogP contribution in [0.5, 0.6) is 0 Å². The summed E-state index contributed by atoms with van der Waals surface area (Å²) >= 11 is 0. The zero-order valence-corrected chi connectivity index (χ0v) is 7.87. The molecule has 1 aliphatic heterocycles. The molecule has 5 heteroatoms. The Morgan fingerprint density at radius 3 is 3.13 bits per heavy atom. The first-order valence-corrected chi connectivity index (χ1v) is 4.65. The summed E-state index contributed by atoms with van der Waals surface area (Å²) in [7, 11) is 0. The number of aromatic amines is 3. The minimum atomic E-state index is 0.847. The van der Waals surface area contributed by atoms with Gasteiger partial charge < -0.3 is 5.32 Å². The van der Waals surface area contributed by atoms with Gasteiger partial charge in [-0.05, 0) is 0 Å². The summed E-state index contributed by atoms with van der Waals surface area (Å²) in [6.45, 7) is 0. The molecule has 0 amide bonds. The second kappa shape index (κ2) is 3.13. The Labute approximate surface area is 85.5 Å². The van der Waals surface area contributed by atoms with Gasteiger partial charge in [0.2, 0.25) is 0 Å². The van der Waals surface area contributed by atoms with E-state index in [1.807, 2.05) is 36.6 Å². The van der Waals surface area contributed by atoms with Gasteiger partial charge in [0.1, 0.15) is 5.69 Å². The molecule has 0 bridgehead atoms. The molecule has 3 rings (SSSR count). The molecule has 0 spiro atoms. The van der Waals surface area contributed by atoms with Crippen molar-refractivity contribution in [1.29, 1.82) is 0 Å². The molecule has 0 atom stereocenters. The van der Waals surface area contributed by atoms with Crippen LogP contribution in [0.1, 0.15) is 5.69 Å². The summed E-state index contributed by atoms with van der Waals surface area (Å²) < 4.78 is 4.90. The lowest BCUT2D eigenvalue weighted by atomic mass is 10.0. The number of aromatic nitrogens is 3. The highest BCUT2D eigenvalue weighted by atomic mass is 16.6. The maximum Gasteiger partial charge on any atom is 0.152 e. The molecule has 1 aromatic heterocycles. The zero-order chi connectivity index (χ0) is 10.1. The van der Waals surface area contributed by atoms with Gasteiger partial charge in [0.05, 0.1) is 0 Å². The molecule has 0 saturated carbocycles. The molecule has 0 fully saturated rings. The average Bonchev–Trinajstić information content (AvgIpc) is 2.54. The molecular formula is C10H10N4O. The Bertz CT molecular complexity index is 528. The summed E-state index contributed by atoms with van der Waals surface area (Å²) in [5.74, 6) is 0.847. The molecule has 76 valence electrons. The highest BCUT2D eigenvalue weighted by Gasteiger charge is 2.16. The summed E-state index contributed by atoms with van der Waals surface area (Å²) in [6, 6.07) is 0. The minimum Gasteiger partial charge on any atom is -0.345 e. The number of rotatable bonds is 0. The fourth-order valence-corrected chi connectivity index (χ4v) is 1.63. The van der Waals surface area contributed by atoms with Gasteiger partial charge in [0.15, 0.2) is 5.82 Å². The van der Waals surface area contributed by atoms with Crippen molar-refractivity contribution in [2.24, 2.45) is 0 Å². The van der Waals surface area contributed by atoms with Crippen LogP contribution in [0.4, 0.5) is 5.82 Å². The summed E-state index contributed by atoms with van der Waals surface area (Å²) in [5.41, 5.74) is 3.09. The maximum atomic E-state index is 4.90. The first kappa shape index (κ1) is 8.05. The van der Waals surface area contributed by atoms with Crippen LogP contribution in [-0.4, -0.2) is 15.5 Å². The predicted octanol–water partition coefficient (Wildman–Crippen LogP) is 2.21. The molecular weight excluding hydrogens is 192 g/mol. The Balaban J connectivity index is 2.22. The van der Waals surface area contributed by atoms with Crippen molar-refractivity contribution in [3.05, 3.63) is 47.8 Å². The van der Waals surface area contributed by atoms with Gasteiger partial charge in [-0.1, -0.05) is 30.4 Å². The van der Waals surface area contributed by atoms with E-state index in [1.54, 1.807) is 0 Å². The van der Waals surface area contributed by atoms with Crippen LogP contribution in [0.15, 0.2) is 46.8 Å². The van der Waals surface area contributed by atoms with E-state index in [9.17, 15) is 0 Å². The van der Waals surface area contributed by atoms with E-state index in [0.29, 0.717) is 0 Å². The van der Waals surface area contributed by atoms with Crippen LogP contribution in [0.2, 0.25) is 0 Å². The predicted molar refractivity (Wildman–Crippen MR) is 57.4 cm³/mol. The molecule has 0 radical (unpaired) electrons. The first-order valence-electron chi connectivity index (χ1n) is 4.65. The Hall–Kier alpha value is -2.30. The standard InChI is InChI=1S/C10H10N4O/c1-2-4-7-6-11-10-9(8(7)5-3-1)13-15-14-12-10/h1-6,11-14H. The fourth-order valence-electron chi connectivity index (χ4n) is 1.63. The molecule has 0 aromatic carbocycles. The number of allylic oxidation sites excluding steroid dienone is 7. The van der Waals surface area contributed by atoms with Gasteiger partial charge in [-0.25, -0.2) is 0 Å². The smallest absolute Gasteiger partial charge is 0.152 e. The molecule has 15 heavy (non-hydrogen) atoms. The molecule has 0 saturated heterocycles. The van der Waals surface area contributed by atoms with Crippen molar-refractivity contribution in [2.45, 2.75) is 0 Å². The largest absolute Gasteiger partial charge is 0.345 e. The summed E-state index contributed by atoms with van der Waals surface area (Å²) in [4.78, 5) is 0. The van der Waals surface area contributed by atoms with Gasteiger partial charge in [-0.2, -0.15) is 5.16 Å². The topological polar surface area (TPSA) is 72.5 Å². The second-order valence-electron chi connectivity index (χ2n) is 3.25. The lowest BCUT2D eigenvalue weighted by Gasteiger charge is -2.17. The molecule has 2 aliphatic rings. The molecule has 0 unspecified atom stereocenters. The highest BCUT2D eigenvalue weighted by molar-refractivity contribution is 5.88. The van der Waals surface area contributed by atoms with Crippen LogP contribution in [0.25, 0.3) is 5.57 Å². The number of fused-ring (bicyclic) bond motifs is 3. The van der Waals surface area contributed by atoms with Gasteiger partial charge in [0.25, 0.3) is 0 Å². The Morgan fingerprint density at radius 2 is 2.13 bits per heavy atom. The third-order valence-corrected chi connectivity index (χ3v) is 2.34. The second-order valence-corrected chi connectivity index (χ2v) is 3.25. The summed E-state index contributed by atoms with van der Waals surface area (Å²) in [6.07, 6.45) is 12.0. The van der Waals surface area contributed by atoms with Crippen molar-refractivity contribution in [2.75, 3.05) is 5.32 Å². The van der Waals surface area contributed by atoms with Crippen molar-refractivity contribution >= 4 is 11.4 Å². The molecule has 1 aliphatic carbocycles. The molecule has 4 N–H and O–H groups in total. The lowest BCUT2D eigenvalue weighted by molar-refractivity contribution is 0.252. The van der Waals surface area contributed by atoms with Crippen LogP contribution in [0, 0.1) is 0 Å². The number of H-pyrrole nitrogens is 3. The van der Waals surface area contributed by atoms with Crippen LogP contribution in [-0.2, 0) is 0 Å². The first-order chi connectivity index (χ1) is 7.45. The zero-order valence-electron chi connectivity index (χ0n) is 7.87. The van der Waals surface area contributed by atoms with Crippen molar-refractivity contribution in [3.63, 3.8) is 0 Å². The van der Waals surface area contributed by atoms with E-state index in [-0.39, 0.29) is 0 Å². The highest BCUT2D eigenvalue weighted by Crippen LogP contribution is 2.31. The SMILES string of the molecule is C1=CC=C2C(=CNc3[nH][nH]o[nH]c32)C=C1. The van der Waals surface area contributed by atoms with Crippen LogP contribution < -0.4 is 5.32 Å². The van der Waals surface area contributed by atoms with Crippen LogP contribution in [0.3, 0.4) is 0 Å². The average molecular weight is 202 g/mol. The van der Waals surface area contributed by atoms with E-state index in [1.165, 1.54) is 0 Å². The Morgan fingerprint density at radius 1 is 1.13 bits per heavy atom. The number of anilines is 1. The molecule has 2 heterocycles. The number of hydrogen-bond acceptors (Lipinski definition) is 2. The van der Waals surface area contributed by atoms with E-state index in [4.69, 9.17) is 4.63 Å². The number of nitrogens with one attached hydrogen (secondary N) is 4. The van der Waals surface area contributed by atoms with Gasteiger partial charge in [-0.15, -0.1) is 5.27 Å². The third kappa shape index (κ3) is 1.25. The number of hydrogen-bond donors (Lipinski definition) is 4. The summed E-state index contributed by atoms with van der Waals surface area (Å²) in [5, 5.41) is 11.3. The van der Waals surface area contributed by atoms with Crippen molar-refractivity contribution in [1.82, 2.24) is 15.5 Å². The lowest BCUT2D eigenvalue weighted by Crippen LogP contribution is -2.08. The normalized spacial score (nSPS) is 16.8. The fraction of sp³-hybridized carbons (Fsp3) is 0. The van der Waals surface area contributed by atoms with Gasteiger partial charge in [-0.3, -0.25) is 9.73 Å². The van der Waals surface area contributed by atoms with Crippen molar-refractivity contribution < 1.29 is 4.63 Å². The molecule has 5 nitrogen and oxygen atoms in total. The van der Waals surface area contributed by atoms with Crippen LogP contribution >= 0.6 is 0 Å². The minimum absolute atomic E-state index is 0.847. The molecule has 1 aromatic rings. The van der Waals surface area contributed by atoms with Gasteiger partial charge in [0, 0.05) is 17.3 Å². The van der Waals surface area contributed by atoms with Crippen molar-refractivity contribution in [3.8, 4) is 0 Å². The quantitative estimate of drug-likeness (QED) is 0.520. The van der Waals surface area contributed by atoms with Gasteiger partial charge >= 0.3 is 0 Å². The Kier molecular flexibility index (Phi) is 1.68. The van der Waals surface area contributed by atoms with E-state index >= 15 is 0 Å².